The maximum absolute atomic E-state index is 12.8. The third-order valence-corrected chi connectivity index (χ3v) is 8.34. The first kappa shape index (κ1) is 19.6. The van der Waals surface area contributed by atoms with Crippen LogP contribution in [0.3, 0.4) is 0 Å². The summed E-state index contributed by atoms with van der Waals surface area (Å²) in [5, 5.41) is 0.502. The summed E-state index contributed by atoms with van der Waals surface area (Å²) in [5.41, 5.74) is 1.26. The molecule has 0 heterocycles. The smallest absolute Gasteiger partial charge is 0.192 e. The van der Waals surface area contributed by atoms with E-state index in [-0.39, 0.29) is 16.2 Å². The van der Waals surface area contributed by atoms with Gasteiger partial charge in [-0.15, -0.1) is 23.4 Å². The molecular formula is C18H20Cl2O2S2. The van der Waals surface area contributed by atoms with Crippen molar-refractivity contribution in [3.63, 3.8) is 0 Å². The lowest BCUT2D eigenvalue weighted by molar-refractivity contribution is 0.589. The second-order valence-corrected chi connectivity index (χ2v) is 10.9. The Morgan fingerprint density at radius 2 is 1.54 bits per heavy atom. The van der Waals surface area contributed by atoms with Crippen LogP contribution in [-0.4, -0.2) is 18.9 Å². The molecule has 1 atom stereocenters. The van der Waals surface area contributed by atoms with E-state index in [0.717, 1.165) is 4.90 Å². The predicted molar refractivity (Wildman–Crippen MR) is 104 cm³/mol. The molecule has 2 aromatic rings. The molecule has 0 saturated carbocycles. The van der Waals surface area contributed by atoms with Gasteiger partial charge in [-0.1, -0.05) is 44.5 Å². The Kier molecular flexibility index (Phi) is 6.29. The van der Waals surface area contributed by atoms with Crippen molar-refractivity contribution in [3.8, 4) is 0 Å². The number of rotatable bonds is 5. The van der Waals surface area contributed by atoms with E-state index in [1.165, 1.54) is 29.5 Å². The average Bonchev–Trinajstić information content (AvgIpc) is 2.52. The maximum atomic E-state index is 12.8. The van der Waals surface area contributed by atoms with Crippen LogP contribution in [0.15, 0.2) is 58.3 Å². The molecule has 6 heteroatoms. The SMILES string of the molecule is CC(C)(C)c1ccc(SC(CCl)S(=O)(=O)c2ccc(Cl)cc2)cc1. The van der Waals surface area contributed by atoms with Crippen molar-refractivity contribution in [2.24, 2.45) is 0 Å². The Morgan fingerprint density at radius 1 is 1.00 bits per heavy atom. The highest BCUT2D eigenvalue weighted by Crippen LogP contribution is 2.33. The van der Waals surface area contributed by atoms with Gasteiger partial charge in [0.2, 0.25) is 0 Å². The Bertz CT molecular complexity index is 777. The van der Waals surface area contributed by atoms with E-state index in [0.29, 0.717) is 5.02 Å². The van der Waals surface area contributed by atoms with Crippen LogP contribution >= 0.6 is 35.0 Å². The number of sulfone groups is 1. The molecule has 24 heavy (non-hydrogen) atoms. The van der Waals surface area contributed by atoms with Gasteiger partial charge >= 0.3 is 0 Å². The second kappa shape index (κ2) is 7.69. The van der Waals surface area contributed by atoms with E-state index < -0.39 is 14.4 Å². The molecule has 0 fully saturated rings. The van der Waals surface area contributed by atoms with E-state index in [2.05, 4.69) is 20.8 Å². The van der Waals surface area contributed by atoms with E-state index in [4.69, 9.17) is 23.2 Å². The molecule has 2 rings (SSSR count). The minimum absolute atomic E-state index is 0.0106. The Morgan fingerprint density at radius 3 is 2.00 bits per heavy atom. The molecule has 0 aromatic heterocycles. The van der Waals surface area contributed by atoms with Gasteiger partial charge in [0.05, 0.1) is 4.90 Å². The lowest BCUT2D eigenvalue weighted by Gasteiger charge is -2.20. The quantitative estimate of drug-likeness (QED) is 0.470. The molecule has 2 aromatic carbocycles. The molecule has 0 radical (unpaired) electrons. The Hall–Kier alpha value is -0.680. The molecule has 2 nitrogen and oxygen atoms in total. The summed E-state index contributed by atoms with van der Waals surface area (Å²) in [6, 6.07) is 14.1. The molecule has 1 unspecified atom stereocenters. The molecule has 0 N–H and O–H groups in total. The molecular weight excluding hydrogens is 383 g/mol. The number of hydrogen-bond acceptors (Lipinski definition) is 3. The first-order valence-electron chi connectivity index (χ1n) is 7.47. The van der Waals surface area contributed by atoms with Gasteiger partial charge in [0.15, 0.2) is 9.84 Å². The summed E-state index contributed by atoms with van der Waals surface area (Å²) in [6.07, 6.45) is 0. The molecule has 0 bridgehead atoms. The minimum atomic E-state index is -3.53. The van der Waals surface area contributed by atoms with Crippen molar-refractivity contribution in [3.05, 3.63) is 59.1 Å². The van der Waals surface area contributed by atoms with Crippen LogP contribution in [0, 0.1) is 0 Å². The summed E-state index contributed by atoms with van der Waals surface area (Å²) in [5.74, 6) is 0.0106. The fourth-order valence-electron chi connectivity index (χ4n) is 2.14. The van der Waals surface area contributed by atoms with E-state index in [1.54, 1.807) is 12.1 Å². The third-order valence-electron chi connectivity index (χ3n) is 3.60. The van der Waals surface area contributed by atoms with Crippen LogP contribution in [-0.2, 0) is 15.3 Å². The topological polar surface area (TPSA) is 34.1 Å². The van der Waals surface area contributed by atoms with Crippen LogP contribution in [0.4, 0.5) is 0 Å². The second-order valence-electron chi connectivity index (χ2n) is 6.48. The van der Waals surface area contributed by atoms with Crippen LogP contribution in [0.25, 0.3) is 0 Å². The van der Waals surface area contributed by atoms with Crippen LogP contribution in [0.2, 0.25) is 5.02 Å². The predicted octanol–water partition coefficient (Wildman–Crippen LogP) is 5.77. The van der Waals surface area contributed by atoms with E-state index in [1.807, 2.05) is 24.3 Å². The van der Waals surface area contributed by atoms with Gasteiger partial charge in [-0.2, -0.15) is 0 Å². The maximum Gasteiger partial charge on any atom is 0.192 e. The van der Waals surface area contributed by atoms with E-state index in [9.17, 15) is 8.42 Å². The van der Waals surface area contributed by atoms with Crippen molar-refractivity contribution in [2.75, 3.05) is 5.88 Å². The van der Waals surface area contributed by atoms with Gasteiger partial charge in [-0.05, 0) is 47.4 Å². The Balaban J connectivity index is 2.24. The number of alkyl halides is 1. The van der Waals surface area contributed by atoms with Crippen molar-refractivity contribution < 1.29 is 8.42 Å². The lowest BCUT2D eigenvalue weighted by Crippen LogP contribution is -2.19. The number of hydrogen-bond donors (Lipinski definition) is 0. The summed E-state index contributed by atoms with van der Waals surface area (Å²) >= 11 is 13.1. The molecule has 0 aliphatic carbocycles. The average molecular weight is 403 g/mol. The van der Waals surface area contributed by atoms with Crippen LogP contribution < -0.4 is 0 Å². The van der Waals surface area contributed by atoms with Crippen LogP contribution in [0.1, 0.15) is 26.3 Å². The zero-order chi connectivity index (χ0) is 18.0. The highest BCUT2D eigenvalue weighted by molar-refractivity contribution is 8.13. The van der Waals surface area contributed by atoms with E-state index >= 15 is 0 Å². The standard InChI is InChI=1S/C18H20Cl2O2S2/c1-18(2,3)13-4-8-15(9-5-13)23-17(12-19)24(21,22)16-10-6-14(20)7-11-16/h4-11,17H,12H2,1-3H3. The highest BCUT2D eigenvalue weighted by atomic mass is 35.5. The normalized spacial score (nSPS) is 13.7. The Labute approximate surface area is 158 Å². The molecule has 0 spiro atoms. The summed E-state index contributed by atoms with van der Waals surface area (Å²) in [4.78, 5) is 1.11. The number of halogens is 2. The summed E-state index contributed by atoms with van der Waals surface area (Å²) in [6.45, 7) is 6.42. The highest BCUT2D eigenvalue weighted by Gasteiger charge is 2.28. The largest absolute Gasteiger partial charge is 0.222 e. The van der Waals surface area contributed by atoms with Gasteiger partial charge in [0.1, 0.15) is 4.58 Å². The molecule has 130 valence electrons. The summed E-state index contributed by atoms with van der Waals surface area (Å²) in [7, 11) is -3.53. The van der Waals surface area contributed by atoms with Gasteiger partial charge in [0.25, 0.3) is 0 Å². The van der Waals surface area contributed by atoms with Crippen molar-refractivity contribution >= 4 is 44.8 Å². The van der Waals surface area contributed by atoms with Crippen LogP contribution in [0.5, 0.6) is 0 Å². The zero-order valence-electron chi connectivity index (χ0n) is 13.8. The molecule has 0 aliphatic rings. The first-order chi connectivity index (χ1) is 11.1. The van der Waals surface area contributed by atoms with Gasteiger partial charge in [-0.25, -0.2) is 8.42 Å². The fourth-order valence-corrected chi connectivity index (χ4v) is 5.77. The number of benzene rings is 2. The summed E-state index contributed by atoms with van der Waals surface area (Å²) < 4.78 is 24.8. The third kappa shape index (κ3) is 4.69. The molecule has 0 saturated heterocycles. The first-order valence-corrected chi connectivity index (χ1v) is 10.8. The number of thioether (sulfide) groups is 1. The fraction of sp³-hybridized carbons (Fsp3) is 0.333. The van der Waals surface area contributed by atoms with Crippen molar-refractivity contribution in [1.82, 2.24) is 0 Å². The van der Waals surface area contributed by atoms with Gasteiger partial charge < -0.3 is 0 Å². The van der Waals surface area contributed by atoms with Crippen molar-refractivity contribution in [1.29, 1.82) is 0 Å². The van der Waals surface area contributed by atoms with Gasteiger partial charge in [-0.3, -0.25) is 0 Å². The lowest BCUT2D eigenvalue weighted by atomic mass is 9.87. The molecule has 0 amide bonds. The molecule has 0 aliphatic heterocycles. The van der Waals surface area contributed by atoms with Crippen molar-refractivity contribution in [2.45, 2.75) is 40.6 Å². The minimum Gasteiger partial charge on any atom is -0.222 e. The van der Waals surface area contributed by atoms with Gasteiger partial charge in [0, 0.05) is 15.8 Å². The monoisotopic (exact) mass is 402 g/mol. The zero-order valence-corrected chi connectivity index (χ0v) is 16.9.